The number of hydrogen-bond acceptors (Lipinski definition) is 8. The van der Waals surface area contributed by atoms with E-state index in [-0.39, 0.29) is 17.1 Å². The highest BCUT2D eigenvalue weighted by molar-refractivity contribution is 7.80. The summed E-state index contributed by atoms with van der Waals surface area (Å²) in [6.45, 7) is 12.6. The molecule has 1 fully saturated rings. The van der Waals surface area contributed by atoms with Crippen molar-refractivity contribution in [2.45, 2.75) is 71.5 Å². The van der Waals surface area contributed by atoms with E-state index in [1.165, 1.54) is 0 Å². The second kappa shape index (κ2) is 11.5. The summed E-state index contributed by atoms with van der Waals surface area (Å²) in [5, 5.41) is 13.7. The maximum absolute atomic E-state index is 5.65. The Bertz CT molecular complexity index is 1110. The maximum Gasteiger partial charge on any atom is 0.229 e. The zero-order valence-corrected chi connectivity index (χ0v) is 24.0. The molecule has 3 rings (SSSR count). The summed E-state index contributed by atoms with van der Waals surface area (Å²) in [7, 11) is 4.70. The van der Waals surface area contributed by atoms with Gasteiger partial charge >= 0.3 is 0 Å². The lowest BCUT2D eigenvalue weighted by atomic mass is 9.80. The normalized spacial score (nSPS) is 17.1. The third kappa shape index (κ3) is 7.90. The quantitative estimate of drug-likeness (QED) is 0.247. The molecule has 2 aromatic rings. The number of piperidine rings is 1. The van der Waals surface area contributed by atoms with Crippen LogP contribution in [0.4, 0.5) is 11.6 Å². The summed E-state index contributed by atoms with van der Waals surface area (Å²) in [4.78, 5) is 14.1. The number of nitrogens with one attached hydrogen (secondary N) is 4. The zero-order valence-electron chi connectivity index (χ0n) is 23.2. The number of benzene rings is 1. The lowest BCUT2D eigenvalue weighted by molar-refractivity contribution is 0.164. The predicted molar refractivity (Wildman–Crippen MR) is 152 cm³/mol. The summed E-state index contributed by atoms with van der Waals surface area (Å²) in [5.74, 6) is 2.45. The van der Waals surface area contributed by atoms with Crippen molar-refractivity contribution in [1.29, 1.82) is 0 Å². The molecule has 1 aliphatic rings. The number of aryl methyl sites for hydroxylation is 2. The minimum atomic E-state index is -0.0631. The van der Waals surface area contributed by atoms with Crippen LogP contribution in [0.1, 0.15) is 51.9 Å². The number of rotatable bonds is 6. The number of aliphatic imine (C=N–C) groups is 1. The first-order chi connectivity index (χ1) is 17.3. The molecule has 0 spiro atoms. The Morgan fingerprint density at radius 1 is 0.919 bits per heavy atom. The highest BCUT2D eigenvalue weighted by Gasteiger charge is 2.37. The monoisotopic (exact) mass is 529 g/mol. The lowest BCUT2D eigenvalue weighted by Gasteiger charge is -2.45. The standard InChI is InChI=1S/C26H39N7O3S/c1-15-10-16(2)28-22(27-15)31-23(29-18-13-25(3,4)33-26(5,6)14-18)32-24(37)30-17-11-19(34-7)21(36-9)20(12-17)35-8/h10-12,18,33H,13-14H2,1-9H3,(H3,27,28,29,30,31,32,37). The molecule has 0 bridgehead atoms. The minimum absolute atomic E-state index is 0.0520. The van der Waals surface area contributed by atoms with E-state index in [0.717, 1.165) is 24.2 Å². The van der Waals surface area contributed by atoms with Crippen LogP contribution in [0.5, 0.6) is 17.2 Å². The summed E-state index contributed by atoms with van der Waals surface area (Å²) < 4.78 is 16.3. The van der Waals surface area contributed by atoms with Gasteiger partial charge in [-0.2, -0.15) is 0 Å². The third-order valence-electron chi connectivity index (χ3n) is 5.85. The highest BCUT2D eigenvalue weighted by atomic mass is 32.1. The van der Waals surface area contributed by atoms with Gasteiger partial charge in [-0.15, -0.1) is 0 Å². The van der Waals surface area contributed by atoms with Crippen molar-refractivity contribution in [1.82, 2.24) is 20.6 Å². The Morgan fingerprint density at radius 3 is 1.95 bits per heavy atom. The average Bonchev–Trinajstić information content (AvgIpc) is 2.75. The number of thiocarbonyl (C=S) groups is 1. The number of nitrogens with zero attached hydrogens (tertiary/aromatic N) is 3. The predicted octanol–water partition coefficient (Wildman–Crippen LogP) is 4.18. The van der Waals surface area contributed by atoms with Crippen LogP contribution < -0.4 is 35.5 Å². The van der Waals surface area contributed by atoms with Crippen LogP contribution in [0.25, 0.3) is 0 Å². The van der Waals surface area contributed by atoms with E-state index in [9.17, 15) is 0 Å². The van der Waals surface area contributed by atoms with Crippen LogP contribution in [-0.4, -0.2) is 59.5 Å². The molecule has 0 unspecified atom stereocenters. The smallest absolute Gasteiger partial charge is 0.229 e. The van der Waals surface area contributed by atoms with Crippen molar-refractivity contribution in [2.24, 2.45) is 4.99 Å². The number of methoxy groups -OCH3 is 3. The van der Waals surface area contributed by atoms with Gasteiger partial charge in [0.1, 0.15) is 0 Å². The molecule has 11 heteroatoms. The van der Waals surface area contributed by atoms with Crippen LogP contribution in [-0.2, 0) is 0 Å². The fraction of sp³-hybridized carbons (Fsp3) is 0.538. The molecule has 0 atom stereocenters. The van der Waals surface area contributed by atoms with Crippen LogP contribution >= 0.6 is 12.2 Å². The maximum atomic E-state index is 5.65. The van der Waals surface area contributed by atoms with E-state index in [0.29, 0.717) is 40.0 Å². The number of ether oxygens (including phenoxy) is 3. The van der Waals surface area contributed by atoms with Gasteiger partial charge in [-0.1, -0.05) is 0 Å². The van der Waals surface area contributed by atoms with E-state index in [1.54, 1.807) is 33.5 Å². The van der Waals surface area contributed by atoms with E-state index in [1.807, 2.05) is 19.9 Å². The van der Waals surface area contributed by atoms with Gasteiger partial charge in [-0.05, 0) is 72.7 Å². The van der Waals surface area contributed by atoms with Crippen molar-refractivity contribution < 1.29 is 14.2 Å². The molecule has 0 radical (unpaired) electrons. The Balaban J connectivity index is 1.88. The van der Waals surface area contributed by atoms with Crippen molar-refractivity contribution in [3.8, 4) is 17.2 Å². The Kier molecular flexibility index (Phi) is 8.80. The first-order valence-corrected chi connectivity index (χ1v) is 12.6. The van der Waals surface area contributed by atoms with E-state index in [2.05, 4.69) is 58.9 Å². The SMILES string of the molecule is COc1cc(NC(=S)NC(=NC2CC(C)(C)NC(C)(C)C2)Nc2nc(C)cc(C)n2)cc(OC)c1OC. The van der Waals surface area contributed by atoms with Gasteiger partial charge in [0.15, 0.2) is 16.6 Å². The van der Waals surface area contributed by atoms with Gasteiger partial charge in [0.2, 0.25) is 17.7 Å². The van der Waals surface area contributed by atoms with Crippen molar-refractivity contribution >= 4 is 34.9 Å². The molecule has 0 aliphatic carbocycles. The molecule has 37 heavy (non-hydrogen) atoms. The second-order valence-electron chi connectivity index (χ2n) is 10.5. The molecule has 0 amide bonds. The van der Waals surface area contributed by atoms with Gasteiger partial charge in [0, 0.05) is 40.3 Å². The summed E-state index contributed by atoms with van der Waals surface area (Å²) >= 11 is 5.65. The lowest BCUT2D eigenvalue weighted by Crippen LogP contribution is -2.59. The molecule has 2 heterocycles. The molecule has 10 nitrogen and oxygen atoms in total. The second-order valence-corrected chi connectivity index (χ2v) is 10.9. The molecule has 1 aromatic carbocycles. The Labute approximate surface area is 225 Å². The largest absolute Gasteiger partial charge is 0.493 e. The van der Waals surface area contributed by atoms with Gasteiger partial charge in [0.05, 0.1) is 27.4 Å². The number of aromatic nitrogens is 2. The molecule has 202 valence electrons. The third-order valence-corrected chi connectivity index (χ3v) is 6.05. The fourth-order valence-corrected chi connectivity index (χ4v) is 5.16. The summed E-state index contributed by atoms with van der Waals surface area (Å²) in [5.41, 5.74) is 2.25. The topological polar surface area (TPSA) is 114 Å². The first kappa shape index (κ1) is 28.4. The zero-order chi connectivity index (χ0) is 27.4. The summed E-state index contributed by atoms with van der Waals surface area (Å²) in [6, 6.07) is 5.54. The number of hydrogen-bond donors (Lipinski definition) is 4. The molecule has 1 aliphatic heterocycles. The van der Waals surface area contributed by atoms with Crippen LogP contribution in [0.3, 0.4) is 0 Å². The van der Waals surface area contributed by atoms with Crippen molar-refractivity contribution in [3.05, 3.63) is 29.6 Å². The van der Waals surface area contributed by atoms with E-state index < -0.39 is 0 Å². The average molecular weight is 530 g/mol. The van der Waals surface area contributed by atoms with Gasteiger partial charge < -0.3 is 30.2 Å². The van der Waals surface area contributed by atoms with Crippen LogP contribution in [0, 0.1) is 13.8 Å². The van der Waals surface area contributed by atoms with Crippen molar-refractivity contribution in [3.63, 3.8) is 0 Å². The van der Waals surface area contributed by atoms with Gasteiger partial charge in [-0.25, -0.2) is 15.0 Å². The Hall–Kier alpha value is -3.18. The molecule has 1 aromatic heterocycles. The van der Waals surface area contributed by atoms with E-state index in [4.69, 9.17) is 31.4 Å². The van der Waals surface area contributed by atoms with Gasteiger partial charge in [0.25, 0.3) is 0 Å². The number of guanidine groups is 1. The molecule has 4 N–H and O–H groups in total. The van der Waals surface area contributed by atoms with Crippen LogP contribution in [0.2, 0.25) is 0 Å². The fourth-order valence-electron chi connectivity index (χ4n) is 4.95. The van der Waals surface area contributed by atoms with Crippen molar-refractivity contribution in [2.75, 3.05) is 32.0 Å². The summed E-state index contributed by atoms with van der Waals surface area (Å²) in [6.07, 6.45) is 1.73. The molecular weight excluding hydrogens is 490 g/mol. The number of anilines is 2. The minimum Gasteiger partial charge on any atom is -0.493 e. The van der Waals surface area contributed by atoms with Crippen LogP contribution in [0.15, 0.2) is 23.2 Å². The molecule has 1 saturated heterocycles. The molecular formula is C26H39N7O3S. The first-order valence-electron chi connectivity index (χ1n) is 12.2. The highest BCUT2D eigenvalue weighted by Crippen LogP contribution is 2.40. The van der Waals surface area contributed by atoms with Gasteiger partial charge in [-0.3, -0.25) is 5.32 Å². The van der Waals surface area contributed by atoms with E-state index >= 15 is 0 Å². The Morgan fingerprint density at radius 2 is 1.46 bits per heavy atom. The molecule has 0 saturated carbocycles.